The average Bonchev–Trinajstić information content (AvgIpc) is 2.51. The molecule has 1 unspecified atom stereocenters. The van der Waals surface area contributed by atoms with Crippen LogP contribution in [0.4, 0.5) is 0 Å². The third-order valence-electron chi connectivity index (χ3n) is 4.01. The molecule has 1 aliphatic heterocycles. The van der Waals surface area contributed by atoms with Crippen LogP contribution in [0.25, 0.3) is 0 Å². The fourth-order valence-corrected chi connectivity index (χ4v) is 2.57. The highest BCUT2D eigenvalue weighted by molar-refractivity contribution is 5.86. The highest BCUT2D eigenvalue weighted by Gasteiger charge is 2.27. The van der Waals surface area contributed by atoms with Gasteiger partial charge in [0.25, 0.3) is 5.91 Å². The standard InChI is InChI=1S/C16H24N4O/c1-4-20(5-2)11-10-19(3)12-15-13-8-6-7-9-14(13)16(21)18-17-15/h6-9,14H,4-5,10-12H2,1-3H3. The van der Waals surface area contributed by atoms with Crippen molar-refractivity contribution in [3.63, 3.8) is 0 Å². The van der Waals surface area contributed by atoms with Gasteiger partial charge < -0.3 is 4.90 Å². The van der Waals surface area contributed by atoms with Crippen molar-refractivity contribution in [3.05, 3.63) is 35.6 Å². The molecule has 0 saturated carbocycles. The van der Waals surface area contributed by atoms with Crippen LogP contribution in [0, 0.1) is 5.92 Å². The maximum Gasteiger partial charge on any atom is 0.275 e. The molecule has 0 spiro atoms. The van der Waals surface area contributed by atoms with Crippen LogP contribution in [-0.2, 0) is 4.79 Å². The van der Waals surface area contributed by atoms with Gasteiger partial charge in [-0.2, -0.15) is 5.11 Å². The predicted octanol–water partition coefficient (Wildman–Crippen LogP) is 2.25. The van der Waals surface area contributed by atoms with E-state index in [-0.39, 0.29) is 11.8 Å². The van der Waals surface area contributed by atoms with Gasteiger partial charge in [-0.25, -0.2) is 0 Å². The molecule has 0 radical (unpaired) electrons. The summed E-state index contributed by atoms with van der Waals surface area (Å²) in [5.74, 6) is -0.404. The number of fused-ring (bicyclic) bond motifs is 1. The summed E-state index contributed by atoms with van der Waals surface area (Å²) >= 11 is 0. The van der Waals surface area contributed by atoms with Crippen molar-refractivity contribution in [2.75, 3.05) is 39.8 Å². The molecule has 0 fully saturated rings. The number of hydrogen-bond acceptors (Lipinski definition) is 4. The SMILES string of the molecule is CCN(CC)CCN(C)CC1=C2C=CC=CC2C(=O)N=N1. The summed E-state index contributed by atoms with van der Waals surface area (Å²) in [4.78, 5) is 16.4. The summed E-state index contributed by atoms with van der Waals surface area (Å²) < 4.78 is 0. The number of carbonyl (C=O) groups excluding carboxylic acids is 1. The van der Waals surface area contributed by atoms with Crippen molar-refractivity contribution >= 4 is 5.91 Å². The zero-order valence-electron chi connectivity index (χ0n) is 13.1. The molecule has 0 aromatic carbocycles. The van der Waals surface area contributed by atoms with E-state index in [4.69, 9.17) is 0 Å². The van der Waals surface area contributed by atoms with Crippen LogP contribution in [0.15, 0.2) is 45.8 Å². The van der Waals surface area contributed by atoms with Crippen molar-refractivity contribution in [2.24, 2.45) is 16.1 Å². The van der Waals surface area contributed by atoms with E-state index >= 15 is 0 Å². The Morgan fingerprint density at radius 2 is 1.90 bits per heavy atom. The molecule has 1 amide bonds. The quantitative estimate of drug-likeness (QED) is 0.722. The molecular weight excluding hydrogens is 264 g/mol. The van der Waals surface area contributed by atoms with Crippen LogP contribution < -0.4 is 0 Å². The third-order valence-corrected chi connectivity index (χ3v) is 4.01. The summed E-state index contributed by atoms with van der Waals surface area (Å²) in [6.07, 6.45) is 7.73. The molecule has 2 rings (SSSR count). The van der Waals surface area contributed by atoms with E-state index in [1.807, 2.05) is 24.3 Å². The molecule has 5 heteroatoms. The van der Waals surface area contributed by atoms with Crippen molar-refractivity contribution in [3.8, 4) is 0 Å². The molecule has 0 bridgehead atoms. The van der Waals surface area contributed by atoms with Crippen LogP contribution in [0.1, 0.15) is 13.8 Å². The Morgan fingerprint density at radius 3 is 2.62 bits per heavy atom. The van der Waals surface area contributed by atoms with Gasteiger partial charge in [-0.15, -0.1) is 5.11 Å². The zero-order valence-corrected chi connectivity index (χ0v) is 13.1. The maximum atomic E-state index is 11.8. The van der Waals surface area contributed by atoms with Crippen LogP contribution in [0.3, 0.4) is 0 Å². The number of likely N-dealkylation sites (N-methyl/N-ethyl adjacent to an activating group) is 2. The third kappa shape index (κ3) is 3.95. The Bertz CT molecular complexity index is 500. The molecule has 0 aromatic heterocycles. The number of carbonyl (C=O) groups is 1. The van der Waals surface area contributed by atoms with E-state index in [1.54, 1.807) is 0 Å². The monoisotopic (exact) mass is 288 g/mol. The van der Waals surface area contributed by atoms with Gasteiger partial charge >= 0.3 is 0 Å². The number of allylic oxidation sites excluding steroid dienone is 3. The molecule has 114 valence electrons. The predicted molar refractivity (Wildman–Crippen MR) is 83.9 cm³/mol. The fraction of sp³-hybridized carbons (Fsp3) is 0.562. The fourth-order valence-electron chi connectivity index (χ4n) is 2.57. The number of nitrogens with zero attached hydrogens (tertiary/aromatic N) is 4. The largest absolute Gasteiger partial charge is 0.303 e. The van der Waals surface area contributed by atoms with Gasteiger partial charge in [-0.3, -0.25) is 9.69 Å². The lowest BCUT2D eigenvalue weighted by atomic mass is 9.91. The smallest absolute Gasteiger partial charge is 0.275 e. The van der Waals surface area contributed by atoms with Gasteiger partial charge in [0, 0.05) is 19.6 Å². The highest BCUT2D eigenvalue weighted by atomic mass is 16.2. The van der Waals surface area contributed by atoms with Crippen molar-refractivity contribution in [2.45, 2.75) is 13.8 Å². The second kappa shape index (κ2) is 7.43. The topological polar surface area (TPSA) is 48.3 Å². The molecule has 21 heavy (non-hydrogen) atoms. The molecular formula is C16H24N4O. The molecule has 0 aromatic rings. The summed E-state index contributed by atoms with van der Waals surface area (Å²) in [6, 6.07) is 0. The van der Waals surface area contributed by atoms with Crippen LogP contribution >= 0.6 is 0 Å². The van der Waals surface area contributed by atoms with Crippen molar-refractivity contribution in [1.29, 1.82) is 0 Å². The molecule has 5 nitrogen and oxygen atoms in total. The normalized spacial score (nSPS) is 20.8. The van der Waals surface area contributed by atoms with Gasteiger partial charge in [0.1, 0.15) is 0 Å². The average molecular weight is 288 g/mol. The van der Waals surface area contributed by atoms with Gasteiger partial charge in [0.2, 0.25) is 0 Å². The lowest BCUT2D eigenvalue weighted by Crippen LogP contribution is -2.34. The summed E-state index contributed by atoms with van der Waals surface area (Å²) in [5, 5.41) is 7.90. The second-order valence-electron chi connectivity index (χ2n) is 5.43. The molecule has 1 atom stereocenters. The zero-order chi connectivity index (χ0) is 15.2. The van der Waals surface area contributed by atoms with Crippen LogP contribution in [0.2, 0.25) is 0 Å². The number of amides is 1. The van der Waals surface area contributed by atoms with Crippen LogP contribution in [0.5, 0.6) is 0 Å². The summed E-state index contributed by atoms with van der Waals surface area (Å²) in [5.41, 5.74) is 1.90. The van der Waals surface area contributed by atoms with E-state index < -0.39 is 0 Å². The Labute approximate surface area is 126 Å². The molecule has 0 N–H and O–H groups in total. The maximum absolute atomic E-state index is 11.8. The lowest BCUT2D eigenvalue weighted by molar-refractivity contribution is -0.120. The second-order valence-corrected chi connectivity index (χ2v) is 5.43. The van der Waals surface area contributed by atoms with Crippen molar-refractivity contribution in [1.82, 2.24) is 9.80 Å². The van der Waals surface area contributed by atoms with E-state index in [1.165, 1.54) is 0 Å². The van der Waals surface area contributed by atoms with E-state index in [9.17, 15) is 4.79 Å². The van der Waals surface area contributed by atoms with Gasteiger partial charge in [-0.1, -0.05) is 38.2 Å². The Balaban J connectivity index is 1.98. The number of azo groups is 1. The minimum Gasteiger partial charge on any atom is -0.303 e. The first-order chi connectivity index (χ1) is 10.2. The molecule has 1 aliphatic carbocycles. The van der Waals surface area contributed by atoms with Gasteiger partial charge in [-0.05, 0) is 25.7 Å². The number of hydrogen-bond donors (Lipinski definition) is 0. The van der Waals surface area contributed by atoms with E-state index in [2.05, 4.69) is 40.9 Å². The highest BCUT2D eigenvalue weighted by Crippen LogP contribution is 2.28. The van der Waals surface area contributed by atoms with Gasteiger partial charge in [0.15, 0.2) is 0 Å². The minimum atomic E-state index is -0.237. The Morgan fingerprint density at radius 1 is 1.14 bits per heavy atom. The van der Waals surface area contributed by atoms with Gasteiger partial charge in [0.05, 0.1) is 11.6 Å². The summed E-state index contributed by atoms with van der Waals surface area (Å²) in [6.45, 7) is 9.25. The number of rotatable bonds is 7. The molecule has 1 heterocycles. The Kier molecular flexibility index (Phi) is 5.59. The van der Waals surface area contributed by atoms with E-state index in [0.717, 1.165) is 44.0 Å². The first-order valence-electron chi connectivity index (χ1n) is 7.60. The summed E-state index contributed by atoms with van der Waals surface area (Å²) in [7, 11) is 2.08. The van der Waals surface area contributed by atoms with Crippen molar-refractivity contribution < 1.29 is 4.79 Å². The lowest BCUT2D eigenvalue weighted by Gasteiger charge is -2.25. The Hall–Kier alpha value is -1.59. The first-order valence-corrected chi connectivity index (χ1v) is 7.60. The minimum absolute atomic E-state index is 0.167. The first kappa shape index (κ1) is 15.8. The molecule has 2 aliphatic rings. The molecule has 0 saturated heterocycles. The van der Waals surface area contributed by atoms with Crippen LogP contribution in [-0.4, -0.2) is 55.5 Å². The van der Waals surface area contributed by atoms with E-state index in [0.29, 0.717) is 0 Å².